The smallest absolute Gasteiger partial charge is 0.247 e. The lowest BCUT2D eigenvalue weighted by atomic mass is 10.1. The second-order valence-electron chi connectivity index (χ2n) is 5.04. The van der Waals surface area contributed by atoms with E-state index in [9.17, 15) is 13.2 Å². The number of nitrogens with one attached hydrogen (secondary N) is 1. The van der Waals surface area contributed by atoms with E-state index in [2.05, 4.69) is 20.5 Å². The van der Waals surface area contributed by atoms with Gasteiger partial charge >= 0.3 is 0 Å². The van der Waals surface area contributed by atoms with Gasteiger partial charge in [-0.2, -0.15) is 10.1 Å². The van der Waals surface area contributed by atoms with Crippen LogP contribution >= 0.6 is 0 Å². The van der Waals surface area contributed by atoms with E-state index in [1.54, 1.807) is 0 Å². The summed E-state index contributed by atoms with van der Waals surface area (Å²) >= 11 is 0. The van der Waals surface area contributed by atoms with Gasteiger partial charge in [0, 0.05) is 13.1 Å². The van der Waals surface area contributed by atoms with Crippen molar-refractivity contribution in [1.82, 2.24) is 15.2 Å². The normalized spacial score (nSPS) is 15.0. The molecule has 0 radical (unpaired) electrons. The van der Waals surface area contributed by atoms with E-state index in [4.69, 9.17) is 0 Å². The van der Waals surface area contributed by atoms with Crippen molar-refractivity contribution in [1.29, 1.82) is 0 Å². The molecule has 116 valence electrons. The Bertz CT molecular complexity index is 674. The third-order valence-corrected chi connectivity index (χ3v) is 3.48. The zero-order chi connectivity index (χ0) is 15.5. The highest BCUT2D eigenvalue weighted by Crippen LogP contribution is 2.23. The maximum absolute atomic E-state index is 13.7. The van der Waals surface area contributed by atoms with Gasteiger partial charge in [0.2, 0.25) is 5.95 Å². The van der Waals surface area contributed by atoms with Gasteiger partial charge in [-0.1, -0.05) is 0 Å². The molecule has 5 nitrogen and oxygen atoms in total. The molecule has 22 heavy (non-hydrogen) atoms. The Balaban J connectivity index is 1.82. The molecule has 2 aromatic rings. The van der Waals surface area contributed by atoms with Crippen LogP contribution in [0, 0.1) is 17.5 Å². The number of rotatable bonds is 3. The zero-order valence-corrected chi connectivity index (χ0v) is 11.7. The van der Waals surface area contributed by atoms with Gasteiger partial charge in [-0.05, 0) is 31.4 Å². The predicted molar refractivity (Wildman–Crippen MR) is 75.5 cm³/mol. The average Bonchev–Trinajstić information content (AvgIpc) is 2.57. The standard InChI is InChI=1S/C14H14F3N5/c15-9-4-5-10(13(17)12(9)16)19-11-8-18-21-14(20-11)22-6-2-1-3-7-22/h4-5,8H,1-3,6-7H2,(H,19,20,21). The molecule has 2 heterocycles. The Hall–Kier alpha value is -2.38. The van der Waals surface area contributed by atoms with Crippen LogP contribution < -0.4 is 10.2 Å². The van der Waals surface area contributed by atoms with Crippen molar-refractivity contribution in [3.05, 3.63) is 35.8 Å². The van der Waals surface area contributed by atoms with Gasteiger partial charge < -0.3 is 10.2 Å². The molecule has 0 bridgehead atoms. The number of aromatic nitrogens is 3. The van der Waals surface area contributed by atoms with Crippen molar-refractivity contribution in [2.75, 3.05) is 23.3 Å². The fourth-order valence-electron chi connectivity index (χ4n) is 2.34. The Morgan fingerprint density at radius 1 is 1.00 bits per heavy atom. The topological polar surface area (TPSA) is 53.9 Å². The monoisotopic (exact) mass is 309 g/mol. The van der Waals surface area contributed by atoms with Gasteiger partial charge in [-0.15, -0.1) is 5.10 Å². The van der Waals surface area contributed by atoms with E-state index in [1.807, 2.05) is 4.90 Å². The lowest BCUT2D eigenvalue weighted by molar-refractivity contribution is 0.449. The number of piperidine rings is 1. The molecule has 1 aromatic heterocycles. The first-order valence-corrected chi connectivity index (χ1v) is 7.00. The van der Waals surface area contributed by atoms with Crippen molar-refractivity contribution < 1.29 is 13.2 Å². The molecule has 0 amide bonds. The summed E-state index contributed by atoms with van der Waals surface area (Å²) in [6, 6.07) is 1.96. The summed E-state index contributed by atoms with van der Waals surface area (Å²) in [5.41, 5.74) is -0.205. The lowest BCUT2D eigenvalue weighted by Crippen LogP contribution is -2.31. The lowest BCUT2D eigenvalue weighted by Gasteiger charge is -2.26. The van der Waals surface area contributed by atoms with Crippen LogP contribution in [0.25, 0.3) is 0 Å². The number of nitrogens with zero attached hydrogens (tertiary/aromatic N) is 4. The molecule has 0 spiro atoms. The van der Waals surface area contributed by atoms with Crippen molar-refractivity contribution in [2.45, 2.75) is 19.3 Å². The number of hydrogen-bond donors (Lipinski definition) is 1. The molecule has 1 aliphatic rings. The number of anilines is 3. The van der Waals surface area contributed by atoms with Crippen LogP contribution in [-0.2, 0) is 0 Å². The minimum Gasteiger partial charge on any atom is -0.339 e. The Kier molecular flexibility index (Phi) is 4.08. The summed E-state index contributed by atoms with van der Waals surface area (Å²) in [6.07, 6.45) is 4.58. The molecule has 1 aliphatic heterocycles. The Morgan fingerprint density at radius 3 is 2.55 bits per heavy atom. The highest BCUT2D eigenvalue weighted by Gasteiger charge is 2.16. The van der Waals surface area contributed by atoms with E-state index in [1.165, 1.54) is 12.6 Å². The summed E-state index contributed by atoms with van der Waals surface area (Å²) < 4.78 is 39.8. The number of hydrogen-bond acceptors (Lipinski definition) is 5. The highest BCUT2D eigenvalue weighted by molar-refractivity contribution is 5.57. The molecule has 1 saturated heterocycles. The van der Waals surface area contributed by atoms with Crippen molar-refractivity contribution in [3.8, 4) is 0 Å². The Morgan fingerprint density at radius 2 is 1.77 bits per heavy atom. The van der Waals surface area contributed by atoms with Crippen molar-refractivity contribution >= 4 is 17.5 Å². The molecule has 3 rings (SSSR count). The number of benzene rings is 1. The van der Waals surface area contributed by atoms with Crippen LogP contribution in [0.15, 0.2) is 18.3 Å². The van der Waals surface area contributed by atoms with Crippen molar-refractivity contribution in [2.24, 2.45) is 0 Å². The van der Waals surface area contributed by atoms with Crippen LogP contribution in [0.3, 0.4) is 0 Å². The third kappa shape index (κ3) is 2.95. The average molecular weight is 309 g/mol. The minimum absolute atomic E-state index is 0.205. The molecule has 1 N–H and O–H groups in total. The van der Waals surface area contributed by atoms with E-state index >= 15 is 0 Å². The molecular weight excluding hydrogens is 295 g/mol. The van der Waals surface area contributed by atoms with Crippen LogP contribution in [0.5, 0.6) is 0 Å². The van der Waals surface area contributed by atoms with E-state index in [0.29, 0.717) is 5.95 Å². The minimum atomic E-state index is -1.52. The van der Waals surface area contributed by atoms with Crippen LogP contribution in [0.1, 0.15) is 19.3 Å². The molecule has 0 aliphatic carbocycles. The van der Waals surface area contributed by atoms with Crippen LogP contribution in [0.2, 0.25) is 0 Å². The zero-order valence-electron chi connectivity index (χ0n) is 11.7. The van der Waals surface area contributed by atoms with Crippen molar-refractivity contribution in [3.63, 3.8) is 0 Å². The fourth-order valence-corrected chi connectivity index (χ4v) is 2.34. The van der Waals surface area contributed by atoms with Gasteiger partial charge in [0.15, 0.2) is 23.3 Å². The third-order valence-electron chi connectivity index (χ3n) is 3.48. The summed E-state index contributed by atoms with van der Waals surface area (Å²) in [5.74, 6) is -3.40. The van der Waals surface area contributed by atoms with Crippen LogP contribution in [0.4, 0.5) is 30.6 Å². The molecule has 1 aromatic carbocycles. The quantitative estimate of drug-likeness (QED) is 0.883. The first-order chi connectivity index (χ1) is 10.6. The van der Waals surface area contributed by atoms with Crippen LogP contribution in [-0.4, -0.2) is 28.3 Å². The maximum Gasteiger partial charge on any atom is 0.247 e. The van der Waals surface area contributed by atoms with Gasteiger partial charge in [-0.25, -0.2) is 13.2 Å². The molecule has 1 fully saturated rings. The summed E-state index contributed by atoms with van der Waals surface area (Å²) in [5, 5.41) is 10.4. The molecule has 0 unspecified atom stereocenters. The second kappa shape index (κ2) is 6.17. The van der Waals surface area contributed by atoms with E-state index < -0.39 is 17.5 Å². The van der Waals surface area contributed by atoms with Gasteiger partial charge in [0.1, 0.15) is 0 Å². The Labute approximate surface area is 125 Å². The van der Waals surface area contributed by atoms with Gasteiger partial charge in [0.05, 0.1) is 11.9 Å². The summed E-state index contributed by atoms with van der Waals surface area (Å²) in [6.45, 7) is 1.68. The maximum atomic E-state index is 13.7. The van der Waals surface area contributed by atoms with E-state index in [-0.39, 0.29) is 11.5 Å². The van der Waals surface area contributed by atoms with Gasteiger partial charge in [0.25, 0.3) is 0 Å². The number of halogens is 3. The molecule has 0 atom stereocenters. The first-order valence-electron chi connectivity index (χ1n) is 7.00. The second-order valence-corrected chi connectivity index (χ2v) is 5.04. The molecular formula is C14H14F3N5. The predicted octanol–water partition coefficient (Wildman–Crippen LogP) is 3.02. The van der Waals surface area contributed by atoms with Gasteiger partial charge in [-0.3, -0.25) is 0 Å². The largest absolute Gasteiger partial charge is 0.339 e. The molecule has 0 saturated carbocycles. The fraction of sp³-hybridized carbons (Fsp3) is 0.357. The first kappa shape index (κ1) is 14.6. The molecule has 8 heteroatoms. The highest BCUT2D eigenvalue weighted by atomic mass is 19.2. The summed E-state index contributed by atoms with van der Waals surface area (Å²) in [7, 11) is 0. The SMILES string of the molecule is Fc1ccc(Nc2cnnc(N3CCCCC3)n2)c(F)c1F. The van der Waals surface area contributed by atoms with E-state index in [0.717, 1.165) is 38.1 Å². The summed E-state index contributed by atoms with van der Waals surface area (Å²) in [4.78, 5) is 6.23.